The number of nitrogens with one attached hydrogen (secondary N) is 1. The van der Waals surface area contributed by atoms with Crippen LogP contribution in [0, 0.1) is 0 Å². The number of pyridine rings is 1. The Labute approximate surface area is 211 Å². The summed E-state index contributed by atoms with van der Waals surface area (Å²) in [6, 6.07) is 15.5. The zero-order chi connectivity index (χ0) is 26.0. The molecule has 1 atom stereocenters. The molecule has 0 amide bonds. The van der Waals surface area contributed by atoms with Crippen LogP contribution in [-0.4, -0.2) is 33.8 Å². The van der Waals surface area contributed by atoms with Crippen molar-refractivity contribution in [3.63, 3.8) is 0 Å². The highest BCUT2D eigenvalue weighted by Gasteiger charge is 2.30. The van der Waals surface area contributed by atoms with E-state index in [-0.39, 0.29) is 6.42 Å². The van der Waals surface area contributed by atoms with Crippen LogP contribution in [0.4, 0.5) is 19.0 Å². The summed E-state index contributed by atoms with van der Waals surface area (Å²) < 4.78 is 46.7. The Kier molecular flexibility index (Phi) is 6.78. The van der Waals surface area contributed by atoms with Gasteiger partial charge in [0.15, 0.2) is 0 Å². The quantitative estimate of drug-likeness (QED) is 0.300. The molecule has 0 fully saturated rings. The molecule has 0 radical (unpaired) electrons. The predicted octanol–water partition coefficient (Wildman–Crippen LogP) is 6.10. The number of aliphatic carboxylic acids is 1. The molecule has 0 saturated carbocycles. The molecule has 2 N–H and O–H groups in total. The van der Waals surface area contributed by atoms with Crippen LogP contribution in [0.1, 0.15) is 41.3 Å². The highest BCUT2D eigenvalue weighted by atomic mass is 19.4. The van der Waals surface area contributed by atoms with Gasteiger partial charge in [0.1, 0.15) is 11.6 Å². The van der Waals surface area contributed by atoms with Gasteiger partial charge >= 0.3 is 12.1 Å². The first-order valence-electron chi connectivity index (χ1n) is 12.1. The fourth-order valence-corrected chi connectivity index (χ4v) is 4.72. The SMILES string of the molecule is O=C(O)CC(c1ccc(C(F)(F)F)cc1)n1ccc2cc(OCCc3ccc4c(n3)NCCC4)ccc21. The number of ether oxygens (including phenoxy) is 1. The second-order valence-corrected chi connectivity index (χ2v) is 9.12. The summed E-state index contributed by atoms with van der Waals surface area (Å²) in [4.78, 5) is 16.3. The molecular weight excluding hydrogens is 483 g/mol. The summed E-state index contributed by atoms with van der Waals surface area (Å²) in [5, 5.41) is 13.7. The second-order valence-electron chi connectivity index (χ2n) is 9.12. The minimum Gasteiger partial charge on any atom is -0.493 e. The molecule has 3 heterocycles. The van der Waals surface area contributed by atoms with Crippen molar-refractivity contribution >= 4 is 22.7 Å². The fraction of sp³-hybridized carbons (Fsp3) is 0.286. The number of carboxylic acids is 1. The molecule has 5 rings (SSSR count). The average Bonchev–Trinajstić information content (AvgIpc) is 3.30. The van der Waals surface area contributed by atoms with Gasteiger partial charge in [0, 0.05) is 35.8 Å². The van der Waals surface area contributed by atoms with Gasteiger partial charge in [-0.05, 0) is 66.4 Å². The highest BCUT2D eigenvalue weighted by Crippen LogP contribution is 2.33. The molecule has 0 saturated heterocycles. The Morgan fingerprint density at radius 2 is 1.92 bits per heavy atom. The van der Waals surface area contributed by atoms with Gasteiger partial charge in [-0.3, -0.25) is 4.79 Å². The fourth-order valence-electron chi connectivity index (χ4n) is 4.72. The molecule has 192 valence electrons. The number of aryl methyl sites for hydroxylation is 1. The summed E-state index contributed by atoms with van der Waals surface area (Å²) in [6.45, 7) is 1.39. The Hall–Kier alpha value is -4.01. The number of hydrogen-bond acceptors (Lipinski definition) is 4. The number of benzene rings is 2. The predicted molar refractivity (Wildman–Crippen MR) is 134 cm³/mol. The number of aromatic nitrogens is 2. The van der Waals surface area contributed by atoms with E-state index >= 15 is 0 Å². The van der Waals surface area contributed by atoms with Crippen LogP contribution in [0.5, 0.6) is 5.75 Å². The summed E-state index contributed by atoms with van der Waals surface area (Å²) >= 11 is 0. The van der Waals surface area contributed by atoms with E-state index in [4.69, 9.17) is 4.74 Å². The normalized spacial score (nSPS) is 14.1. The summed E-state index contributed by atoms with van der Waals surface area (Å²) in [7, 11) is 0. The van der Waals surface area contributed by atoms with E-state index in [0.717, 1.165) is 53.9 Å². The molecule has 6 nitrogen and oxygen atoms in total. The molecule has 2 aromatic heterocycles. The first-order valence-corrected chi connectivity index (χ1v) is 12.1. The molecule has 0 aliphatic carbocycles. The third kappa shape index (κ3) is 5.55. The van der Waals surface area contributed by atoms with E-state index in [2.05, 4.69) is 16.4 Å². The lowest BCUT2D eigenvalue weighted by molar-refractivity contribution is -0.138. The lowest BCUT2D eigenvalue weighted by Gasteiger charge is -2.20. The summed E-state index contributed by atoms with van der Waals surface area (Å²) in [5.74, 6) is 0.582. The van der Waals surface area contributed by atoms with Crippen LogP contribution >= 0.6 is 0 Å². The van der Waals surface area contributed by atoms with E-state index in [1.807, 2.05) is 30.3 Å². The van der Waals surface area contributed by atoms with Crippen LogP contribution < -0.4 is 10.1 Å². The van der Waals surface area contributed by atoms with Gasteiger partial charge in [0.25, 0.3) is 0 Å². The van der Waals surface area contributed by atoms with Crippen molar-refractivity contribution in [3.8, 4) is 5.75 Å². The minimum absolute atomic E-state index is 0.268. The monoisotopic (exact) mass is 509 g/mol. The topological polar surface area (TPSA) is 76.4 Å². The minimum atomic E-state index is -4.45. The zero-order valence-electron chi connectivity index (χ0n) is 20.0. The number of carbonyl (C=O) groups is 1. The van der Waals surface area contributed by atoms with Crippen molar-refractivity contribution < 1.29 is 27.8 Å². The highest BCUT2D eigenvalue weighted by molar-refractivity contribution is 5.82. The van der Waals surface area contributed by atoms with Crippen LogP contribution in [0.2, 0.25) is 0 Å². The number of rotatable bonds is 8. The maximum absolute atomic E-state index is 13.0. The molecular formula is C28H26F3N3O3. The number of halogens is 3. The second kappa shape index (κ2) is 10.2. The van der Waals surface area contributed by atoms with Crippen molar-refractivity contribution in [2.45, 2.75) is 37.9 Å². The number of carboxylic acid groups (broad SMARTS) is 1. The lowest BCUT2D eigenvalue weighted by atomic mass is 10.0. The van der Waals surface area contributed by atoms with Crippen LogP contribution in [0.25, 0.3) is 10.9 Å². The van der Waals surface area contributed by atoms with Crippen molar-refractivity contribution in [2.75, 3.05) is 18.5 Å². The zero-order valence-corrected chi connectivity index (χ0v) is 20.0. The number of nitrogens with zero attached hydrogens (tertiary/aromatic N) is 2. The Morgan fingerprint density at radius 3 is 2.68 bits per heavy atom. The van der Waals surface area contributed by atoms with Gasteiger partial charge in [-0.15, -0.1) is 0 Å². The van der Waals surface area contributed by atoms with Gasteiger partial charge in [0.05, 0.1) is 24.6 Å². The van der Waals surface area contributed by atoms with Gasteiger partial charge in [-0.1, -0.05) is 18.2 Å². The largest absolute Gasteiger partial charge is 0.493 e. The van der Waals surface area contributed by atoms with Crippen LogP contribution in [0.3, 0.4) is 0 Å². The van der Waals surface area contributed by atoms with E-state index < -0.39 is 23.8 Å². The lowest BCUT2D eigenvalue weighted by Crippen LogP contribution is -2.15. The molecule has 4 aromatic rings. The van der Waals surface area contributed by atoms with Gasteiger partial charge in [-0.25, -0.2) is 4.98 Å². The van der Waals surface area contributed by atoms with Crippen LogP contribution in [0.15, 0.2) is 66.9 Å². The van der Waals surface area contributed by atoms with Crippen LogP contribution in [-0.2, 0) is 23.8 Å². The van der Waals surface area contributed by atoms with Gasteiger partial charge < -0.3 is 19.7 Å². The molecule has 0 spiro atoms. The van der Waals surface area contributed by atoms with Gasteiger partial charge in [0.2, 0.25) is 0 Å². The first kappa shape index (κ1) is 24.7. The Morgan fingerprint density at radius 1 is 1.11 bits per heavy atom. The molecule has 1 aliphatic rings. The van der Waals surface area contributed by atoms with Crippen molar-refractivity contribution in [1.82, 2.24) is 9.55 Å². The molecule has 37 heavy (non-hydrogen) atoms. The molecule has 1 unspecified atom stereocenters. The third-order valence-corrected chi connectivity index (χ3v) is 6.60. The maximum atomic E-state index is 13.0. The molecule has 0 bridgehead atoms. The summed E-state index contributed by atoms with van der Waals surface area (Å²) in [5.41, 5.74) is 2.67. The van der Waals surface area contributed by atoms with Crippen molar-refractivity contribution in [1.29, 1.82) is 0 Å². The third-order valence-electron chi connectivity index (χ3n) is 6.60. The number of fused-ring (bicyclic) bond motifs is 2. The number of hydrogen-bond donors (Lipinski definition) is 2. The van der Waals surface area contributed by atoms with Crippen molar-refractivity contribution in [3.05, 3.63) is 89.2 Å². The van der Waals surface area contributed by atoms with E-state index in [0.29, 0.717) is 24.3 Å². The first-order chi connectivity index (χ1) is 17.8. The standard InChI is InChI=1S/C28H26F3N3O3/c29-28(30,31)21-6-3-18(4-7-21)25(17-26(35)36)34-14-11-20-16-23(9-10-24(20)34)37-15-12-22-8-5-19-2-1-13-32-27(19)33-22/h3-11,14,16,25H,1-2,12-13,15,17H2,(H,32,33)(H,35,36). The Balaban J connectivity index is 1.31. The number of alkyl halides is 3. The molecule has 1 aliphatic heterocycles. The van der Waals surface area contributed by atoms with E-state index in [9.17, 15) is 23.1 Å². The maximum Gasteiger partial charge on any atom is 0.416 e. The average molecular weight is 510 g/mol. The van der Waals surface area contributed by atoms with E-state index in [1.54, 1.807) is 10.8 Å². The van der Waals surface area contributed by atoms with Crippen molar-refractivity contribution in [2.24, 2.45) is 0 Å². The van der Waals surface area contributed by atoms with Gasteiger partial charge in [-0.2, -0.15) is 13.2 Å². The summed E-state index contributed by atoms with van der Waals surface area (Å²) in [6.07, 6.45) is -0.159. The number of anilines is 1. The smallest absolute Gasteiger partial charge is 0.416 e. The van der Waals surface area contributed by atoms with E-state index in [1.165, 1.54) is 17.7 Å². The molecule has 2 aromatic carbocycles. The molecule has 9 heteroatoms. The Bertz CT molecular complexity index is 1410.